The zero-order chi connectivity index (χ0) is 7.82. The molecule has 0 amide bonds. The first-order valence-electron chi connectivity index (χ1n) is 3.99. The van der Waals surface area contributed by atoms with Crippen LogP contribution in [0.15, 0.2) is 0 Å². The molecule has 2 nitrogen and oxygen atoms in total. The van der Waals surface area contributed by atoms with E-state index >= 15 is 0 Å². The Morgan fingerprint density at radius 2 is 1.73 bits per heavy atom. The van der Waals surface area contributed by atoms with Crippen molar-refractivity contribution in [2.75, 3.05) is 0 Å². The monoisotopic (exact) mass is 160 g/mol. The first-order chi connectivity index (χ1) is 4.77. The van der Waals surface area contributed by atoms with Gasteiger partial charge in [-0.05, 0) is 6.42 Å². The Hall–Kier alpha value is -0.530. The van der Waals surface area contributed by atoms with Gasteiger partial charge in [0.1, 0.15) is 0 Å². The van der Waals surface area contributed by atoms with E-state index in [1.807, 2.05) is 0 Å². The van der Waals surface area contributed by atoms with Gasteiger partial charge in [0.25, 0.3) is 0 Å². The van der Waals surface area contributed by atoms with Gasteiger partial charge < -0.3 is 5.11 Å². The van der Waals surface area contributed by atoms with Crippen LogP contribution < -0.4 is 0 Å². The molecule has 0 radical (unpaired) electrons. The highest BCUT2D eigenvalue weighted by Crippen LogP contribution is 2.04. The summed E-state index contributed by atoms with van der Waals surface area (Å²) in [6.45, 7) is 2.15. The van der Waals surface area contributed by atoms with Gasteiger partial charge in [-0.25, -0.2) is 0 Å². The second kappa shape index (κ2) is 9.47. The normalized spacial score (nSPS) is 8.82. The molecule has 0 fully saturated rings. The molecule has 0 atom stereocenters. The maximum Gasteiger partial charge on any atom is 0.303 e. The Morgan fingerprint density at radius 3 is 2.18 bits per heavy atom. The number of unbranched alkanes of at least 4 members (excludes halogenated alkanes) is 4. The molecule has 0 aliphatic rings. The zero-order valence-electron chi connectivity index (χ0n) is 6.60. The van der Waals surface area contributed by atoms with Crippen LogP contribution in [0, 0.1) is 0 Å². The van der Waals surface area contributed by atoms with E-state index in [1.54, 1.807) is 0 Å². The predicted octanol–water partition coefficient (Wildman–Crippen LogP) is 3.07. The summed E-state index contributed by atoms with van der Waals surface area (Å²) in [5.41, 5.74) is 0. The zero-order valence-corrected chi connectivity index (χ0v) is 6.60. The molecule has 0 aliphatic heterocycles. The summed E-state index contributed by atoms with van der Waals surface area (Å²) >= 11 is 0. The number of hydrogen-bond donors (Lipinski definition) is 1. The maximum atomic E-state index is 10.0. The Labute approximate surface area is 69.6 Å². The summed E-state index contributed by atoms with van der Waals surface area (Å²) in [5.74, 6) is -0.670. The fraction of sp³-hybridized carbons (Fsp3) is 0.889. The van der Waals surface area contributed by atoms with Crippen molar-refractivity contribution in [1.82, 2.24) is 0 Å². The van der Waals surface area contributed by atoms with Crippen LogP contribution in [0.2, 0.25) is 0 Å². The summed E-state index contributed by atoms with van der Waals surface area (Å²) in [6.07, 6.45) is 5.88. The van der Waals surface area contributed by atoms with E-state index in [9.17, 15) is 4.79 Å². The Bertz CT molecular complexity index is 89.6. The lowest BCUT2D eigenvalue weighted by Gasteiger charge is -1.95. The van der Waals surface area contributed by atoms with Gasteiger partial charge in [-0.3, -0.25) is 4.79 Å². The molecular weight excluding hydrogens is 140 g/mol. The Balaban J connectivity index is 0. The van der Waals surface area contributed by atoms with Crippen molar-refractivity contribution in [3.63, 3.8) is 0 Å². The van der Waals surface area contributed by atoms with Gasteiger partial charge in [0.05, 0.1) is 0 Å². The highest BCUT2D eigenvalue weighted by atomic mass is 16.4. The van der Waals surface area contributed by atoms with E-state index in [0.29, 0.717) is 6.42 Å². The van der Waals surface area contributed by atoms with Gasteiger partial charge in [-0.1, -0.05) is 40.0 Å². The largest absolute Gasteiger partial charge is 0.481 e. The summed E-state index contributed by atoms with van der Waals surface area (Å²) in [4.78, 5) is 10.0. The molecule has 68 valence electrons. The minimum atomic E-state index is -0.670. The van der Waals surface area contributed by atoms with Crippen molar-refractivity contribution in [1.29, 1.82) is 0 Å². The molecule has 0 aliphatic carbocycles. The lowest BCUT2D eigenvalue weighted by Crippen LogP contribution is -1.93. The molecular formula is C9H20O2. The van der Waals surface area contributed by atoms with E-state index in [2.05, 4.69) is 6.92 Å². The lowest BCUT2D eigenvalue weighted by molar-refractivity contribution is -0.137. The van der Waals surface area contributed by atoms with E-state index in [1.165, 1.54) is 19.3 Å². The van der Waals surface area contributed by atoms with Crippen LogP contribution >= 0.6 is 0 Å². The number of carboxylic acids is 1. The molecule has 0 heterocycles. The first kappa shape index (κ1) is 13.1. The smallest absolute Gasteiger partial charge is 0.303 e. The van der Waals surface area contributed by atoms with E-state index < -0.39 is 5.97 Å². The second-order valence-electron chi connectivity index (χ2n) is 2.56. The van der Waals surface area contributed by atoms with Crippen molar-refractivity contribution in [3.05, 3.63) is 0 Å². The molecule has 0 aromatic heterocycles. The standard InChI is InChI=1S/C8H16O2.CH4/c1-2-3-4-5-6-7-8(9)10;/h2-7H2,1H3,(H,9,10);1H4. The molecule has 0 spiro atoms. The fourth-order valence-electron chi connectivity index (χ4n) is 0.880. The van der Waals surface area contributed by atoms with Crippen LogP contribution in [0.5, 0.6) is 0 Å². The third-order valence-electron chi connectivity index (χ3n) is 1.49. The number of rotatable bonds is 6. The molecule has 0 aromatic carbocycles. The third-order valence-corrected chi connectivity index (χ3v) is 1.49. The van der Waals surface area contributed by atoms with Gasteiger partial charge >= 0.3 is 5.97 Å². The molecule has 0 aromatic rings. The van der Waals surface area contributed by atoms with E-state index in [0.717, 1.165) is 12.8 Å². The van der Waals surface area contributed by atoms with Gasteiger partial charge in [0.2, 0.25) is 0 Å². The molecule has 0 bridgehead atoms. The molecule has 11 heavy (non-hydrogen) atoms. The van der Waals surface area contributed by atoms with Crippen LogP contribution in [0.4, 0.5) is 0 Å². The average Bonchev–Trinajstić information content (AvgIpc) is 1.87. The quantitative estimate of drug-likeness (QED) is 0.606. The van der Waals surface area contributed by atoms with Crippen molar-refractivity contribution in [3.8, 4) is 0 Å². The molecule has 0 saturated heterocycles. The first-order valence-corrected chi connectivity index (χ1v) is 3.99. The van der Waals surface area contributed by atoms with Gasteiger partial charge in [0, 0.05) is 6.42 Å². The molecule has 0 unspecified atom stereocenters. The number of hydrogen-bond acceptors (Lipinski definition) is 1. The summed E-state index contributed by atoms with van der Waals surface area (Å²) in [5, 5.41) is 8.27. The van der Waals surface area contributed by atoms with Crippen LogP contribution in [0.1, 0.15) is 52.9 Å². The Morgan fingerprint density at radius 1 is 1.18 bits per heavy atom. The lowest BCUT2D eigenvalue weighted by atomic mass is 10.1. The fourth-order valence-corrected chi connectivity index (χ4v) is 0.880. The number of carbonyl (C=O) groups is 1. The van der Waals surface area contributed by atoms with Crippen LogP contribution in [0.3, 0.4) is 0 Å². The molecule has 0 saturated carbocycles. The highest BCUT2D eigenvalue weighted by Gasteiger charge is 1.94. The topological polar surface area (TPSA) is 37.3 Å². The van der Waals surface area contributed by atoms with Crippen LogP contribution in [-0.2, 0) is 4.79 Å². The maximum absolute atomic E-state index is 10.0. The average molecular weight is 160 g/mol. The summed E-state index contributed by atoms with van der Waals surface area (Å²) in [6, 6.07) is 0. The van der Waals surface area contributed by atoms with Crippen molar-refractivity contribution >= 4 is 5.97 Å². The van der Waals surface area contributed by atoms with Gasteiger partial charge in [0.15, 0.2) is 0 Å². The van der Waals surface area contributed by atoms with E-state index in [-0.39, 0.29) is 7.43 Å². The highest BCUT2D eigenvalue weighted by molar-refractivity contribution is 5.66. The van der Waals surface area contributed by atoms with Crippen molar-refractivity contribution in [2.45, 2.75) is 52.9 Å². The van der Waals surface area contributed by atoms with Gasteiger partial charge in [-0.2, -0.15) is 0 Å². The van der Waals surface area contributed by atoms with Crippen molar-refractivity contribution < 1.29 is 9.90 Å². The molecule has 0 rings (SSSR count). The minimum absolute atomic E-state index is 0. The Kier molecular flexibility index (Phi) is 11.3. The number of aliphatic carboxylic acids is 1. The van der Waals surface area contributed by atoms with Gasteiger partial charge in [-0.15, -0.1) is 0 Å². The molecule has 2 heteroatoms. The van der Waals surface area contributed by atoms with Crippen LogP contribution in [0.25, 0.3) is 0 Å². The van der Waals surface area contributed by atoms with Crippen molar-refractivity contribution in [2.24, 2.45) is 0 Å². The number of carboxylic acid groups (broad SMARTS) is 1. The predicted molar refractivity (Wildman–Crippen MR) is 47.7 cm³/mol. The summed E-state index contributed by atoms with van der Waals surface area (Å²) < 4.78 is 0. The second-order valence-corrected chi connectivity index (χ2v) is 2.56. The third kappa shape index (κ3) is 12.6. The SMILES string of the molecule is C.CCCCCCCC(=O)O. The minimum Gasteiger partial charge on any atom is -0.481 e. The van der Waals surface area contributed by atoms with Crippen LogP contribution in [-0.4, -0.2) is 11.1 Å². The summed E-state index contributed by atoms with van der Waals surface area (Å²) in [7, 11) is 0. The van der Waals surface area contributed by atoms with E-state index in [4.69, 9.17) is 5.11 Å². The molecule has 1 N–H and O–H groups in total.